The number of hydrogen-bond acceptors (Lipinski definition) is 7. The van der Waals surface area contributed by atoms with Crippen molar-refractivity contribution in [2.75, 3.05) is 18.9 Å². The molecule has 4 N–H and O–H groups in total. The molecule has 0 aromatic carbocycles. The first-order chi connectivity index (χ1) is 11.1. The summed E-state index contributed by atoms with van der Waals surface area (Å²) in [4.78, 5) is 21.1. The van der Waals surface area contributed by atoms with Gasteiger partial charge in [-0.3, -0.25) is 4.79 Å². The van der Waals surface area contributed by atoms with Gasteiger partial charge in [-0.05, 0) is 25.7 Å². The minimum atomic E-state index is -0.635. The summed E-state index contributed by atoms with van der Waals surface area (Å²) in [6, 6.07) is -0.292. The van der Waals surface area contributed by atoms with Gasteiger partial charge in [0, 0.05) is 11.3 Å². The van der Waals surface area contributed by atoms with Crippen LogP contribution in [0.1, 0.15) is 34.6 Å². The molecule has 2 aliphatic heterocycles. The predicted molar refractivity (Wildman–Crippen MR) is 79.8 cm³/mol. The van der Waals surface area contributed by atoms with Crippen molar-refractivity contribution in [3.63, 3.8) is 0 Å². The summed E-state index contributed by atoms with van der Waals surface area (Å²) in [5.74, 6) is -0.152. The Kier molecular flexibility index (Phi) is 3.67. The van der Waals surface area contributed by atoms with Crippen molar-refractivity contribution in [2.24, 2.45) is 0 Å². The van der Waals surface area contributed by atoms with Crippen LogP contribution in [0.5, 0.6) is 0 Å². The fraction of sp³-hybridized carbons (Fsp3) is 0.667. The third kappa shape index (κ3) is 2.56. The molecule has 1 aromatic heterocycles. The third-order valence-electron chi connectivity index (χ3n) is 4.76. The largest absolute Gasteiger partial charge is 0.388 e. The molecule has 0 spiro atoms. The second-order valence-electron chi connectivity index (χ2n) is 6.31. The van der Waals surface area contributed by atoms with Gasteiger partial charge in [0.15, 0.2) is 0 Å². The van der Waals surface area contributed by atoms with Crippen molar-refractivity contribution < 1.29 is 19.4 Å². The van der Waals surface area contributed by atoms with Crippen LogP contribution in [0.15, 0.2) is 0 Å². The van der Waals surface area contributed by atoms with Crippen LogP contribution in [0.25, 0.3) is 0 Å². The topological polar surface area (TPSA) is 120 Å². The van der Waals surface area contributed by atoms with Gasteiger partial charge in [-0.25, -0.2) is 9.97 Å². The van der Waals surface area contributed by atoms with Crippen molar-refractivity contribution in [1.82, 2.24) is 15.3 Å². The molecule has 124 valence electrons. The molecule has 4 rings (SSSR count). The highest BCUT2D eigenvalue weighted by atomic mass is 16.6. The summed E-state index contributed by atoms with van der Waals surface area (Å²) >= 11 is 0. The molecule has 8 heteroatoms. The predicted octanol–water partition coefficient (Wildman–Crippen LogP) is -0.805. The van der Waals surface area contributed by atoms with Crippen molar-refractivity contribution in [1.29, 1.82) is 0 Å². The number of hydrogen-bond donors (Lipinski definition) is 3. The molecule has 0 bridgehead atoms. The first-order valence-electron chi connectivity index (χ1n) is 8.01. The number of rotatable bonds is 2. The zero-order valence-electron chi connectivity index (χ0n) is 12.7. The second-order valence-corrected chi connectivity index (χ2v) is 6.31. The van der Waals surface area contributed by atoms with Crippen LogP contribution >= 0.6 is 0 Å². The summed E-state index contributed by atoms with van der Waals surface area (Å²) in [5.41, 5.74) is 7.87. The summed E-state index contributed by atoms with van der Waals surface area (Å²) in [5, 5.41) is 12.7. The Bertz CT molecular complexity index is 638. The van der Waals surface area contributed by atoms with Gasteiger partial charge in [-0.2, -0.15) is 0 Å². The van der Waals surface area contributed by atoms with E-state index in [4.69, 9.17) is 15.2 Å². The van der Waals surface area contributed by atoms with Gasteiger partial charge in [0.25, 0.3) is 5.91 Å². The molecule has 1 amide bonds. The molecule has 2 saturated heterocycles. The van der Waals surface area contributed by atoms with Gasteiger partial charge >= 0.3 is 0 Å². The average Bonchev–Trinajstić information content (AvgIpc) is 3.10. The Balaban J connectivity index is 1.55. The van der Waals surface area contributed by atoms with Gasteiger partial charge in [-0.1, -0.05) is 0 Å². The summed E-state index contributed by atoms with van der Waals surface area (Å²) in [6.45, 7) is 0.554. The summed E-state index contributed by atoms with van der Waals surface area (Å²) in [7, 11) is 0. The summed E-state index contributed by atoms with van der Waals surface area (Å²) < 4.78 is 11.1. The highest BCUT2D eigenvalue weighted by molar-refractivity contribution is 5.94. The lowest BCUT2D eigenvalue weighted by Gasteiger charge is -2.20. The van der Waals surface area contributed by atoms with Crippen molar-refractivity contribution in [3.8, 4) is 0 Å². The van der Waals surface area contributed by atoms with E-state index in [2.05, 4.69) is 15.3 Å². The molecule has 23 heavy (non-hydrogen) atoms. The van der Waals surface area contributed by atoms with E-state index in [1.54, 1.807) is 0 Å². The minimum absolute atomic E-state index is 0.129. The van der Waals surface area contributed by atoms with E-state index in [0.717, 1.165) is 36.9 Å². The first kappa shape index (κ1) is 14.8. The standard InChI is InChI=1S/C15H20N4O4/c16-15-18-8-4-2-1-3-7(8)11(19-15)14(21)17-9-5-22-13-10(20)6-23-12(9)13/h9-10,12-13,20H,1-6H2,(H,17,21)(H2,16,18,19)/t9-,10-,12-,13-/m1/s1. The number of carbonyl (C=O) groups excluding carboxylic acids is 1. The molecule has 0 unspecified atom stereocenters. The molecular formula is C15H20N4O4. The maximum absolute atomic E-state index is 12.7. The molecule has 2 fully saturated rings. The van der Waals surface area contributed by atoms with E-state index in [-0.39, 0.29) is 36.7 Å². The number of aliphatic hydroxyl groups excluding tert-OH is 1. The Morgan fingerprint density at radius 3 is 2.83 bits per heavy atom. The number of nitrogens with one attached hydrogen (secondary N) is 1. The second kappa shape index (κ2) is 5.70. The smallest absolute Gasteiger partial charge is 0.270 e. The number of aromatic nitrogens is 2. The minimum Gasteiger partial charge on any atom is -0.388 e. The zero-order chi connectivity index (χ0) is 16.0. The van der Waals surface area contributed by atoms with E-state index in [0.29, 0.717) is 12.3 Å². The van der Waals surface area contributed by atoms with Crippen molar-refractivity contribution in [3.05, 3.63) is 17.0 Å². The van der Waals surface area contributed by atoms with Crippen LogP contribution in [-0.2, 0) is 22.3 Å². The normalized spacial score (nSPS) is 32.4. The van der Waals surface area contributed by atoms with Crippen LogP contribution in [-0.4, -0.2) is 58.5 Å². The van der Waals surface area contributed by atoms with Gasteiger partial charge in [0.05, 0.1) is 19.3 Å². The Morgan fingerprint density at radius 2 is 1.96 bits per heavy atom. The highest BCUT2D eigenvalue weighted by Gasteiger charge is 2.47. The SMILES string of the molecule is Nc1nc2c(c(C(=O)N[C@@H]3CO[C@H]4[C@@H]3OC[C@H]4O)n1)CCCC2. The molecular weight excluding hydrogens is 300 g/mol. The third-order valence-corrected chi connectivity index (χ3v) is 4.76. The van der Waals surface area contributed by atoms with Crippen molar-refractivity contribution in [2.45, 2.75) is 50.0 Å². The lowest BCUT2D eigenvalue weighted by atomic mass is 9.94. The number of nitrogens with two attached hydrogens (primary N) is 1. The Hall–Kier alpha value is -1.77. The molecule has 8 nitrogen and oxygen atoms in total. The van der Waals surface area contributed by atoms with E-state index >= 15 is 0 Å². The number of amides is 1. The Labute approximate surface area is 133 Å². The van der Waals surface area contributed by atoms with Crippen LogP contribution in [0.3, 0.4) is 0 Å². The number of anilines is 1. The fourth-order valence-corrected chi connectivity index (χ4v) is 3.64. The van der Waals surface area contributed by atoms with Crippen molar-refractivity contribution >= 4 is 11.9 Å². The summed E-state index contributed by atoms with van der Waals surface area (Å²) in [6.07, 6.45) is 2.37. The number of aryl methyl sites for hydroxylation is 1. The van der Waals surface area contributed by atoms with Gasteiger partial charge in [-0.15, -0.1) is 0 Å². The lowest BCUT2D eigenvalue weighted by Crippen LogP contribution is -2.45. The highest BCUT2D eigenvalue weighted by Crippen LogP contribution is 2.28. The fourth-order valence-electron chi connectivity index (χ4n) is 3.64. The molecule has 3 heterocycles. The maximum Gasteiger partial charge on any atom is 0.270 e. The van der Waals surface area contributed by atoms with Gasteiger partial charge < -0.3 is 25.6 Å². The quantitative estimate of drug-likeness (QED) is 0.652. The average molecular weight is 320 g/mol. The maximum atomic E-state index is 12.7. The van der Waals surface area contributed by atoms with Crippen LogP contribution in [0, 0.1) is 0 Å². The zero-order valence-corrected chi connectivity index (χ0v) is 12.7. The lowest BCUT2D eigenvalue weighted by molar-refractivity contribution is 0.0178. The van der Waals surface area contributed by atoms with E-state index in [1.165, 1.54) is 0 Å². The van der Waals surface area contributed by atoms with E-state index < -0.39 is 6.10 Å². The number of aliphatic hydroxyl groups is 1. The Morgan fingerprint density at radius 1 is 1.17 bits per heavy atom. The van der Waals surface area contributed by atoms with Gasteiger partial charge in [0.1, 0.15) is 24.0 Å². The number of carbonyl (C=O) groups is 1. The van der Waals surface area contributed by atoms with Crippen LogP contribution in [0.4, 0.5) is 5.95 Å². The number of nitrogen functional groups attached to an aromatic ring is 1. The number of fused-ring (bicyclic) bond motifs is 2. The van der Waals surface area contributed by atoms with Crippen LogP contribution < -0.4 is 11.1 Å². The molecule has 4 atom stereocenters. The molecule has 0 saturated carbocycles. The van der Waals surface area contributed by atoms with Gasteiger partial charge in [0.2, 0.25) is 5.95 Å². The van der Waals surface area contributed by atoms with Crippen LogP contribution in [0.2, 0.25) is 0 Å². The molecule has 0 radical (unpaired) electrons. The molecule has 3 aliphatic rings. The first-order valence-corrected chi connectivity index (χ1v) is 8.01. The van der Waals surface area contributed by atoms with E-state index in [1.807, 2.05) is 0 Å². The molecule has 1 aromatic rings. The monoisotopic (exact) mass is 320 g/mol. The van der Waals surface area contributed by atoms with E-state index in [9.17, 15) is 9.90 Å². The number of ether oxygens (including phenoxy) is 2. The molecule has 1 aliphatic carbocycles. The number of nitrogens with zero attached hydrogens (tertiary/aromatic N) is 2.